The minimum atomic E-state index is -0.905. The zero-order chi connectivity index (χ0) is 40.7. The van der Waals surface area contributed by atoms with Crippen molar-refractivity contribution in [2.75, 3.05) is 159 Å². The molecule has 0 heterocycles. The summed E-state index contributed by atoms with van der Waals surface area (Å²) in [5.74, 6) is -3.18. The molecule has 0 spiro atoms. The van der Waals surface area contributed by atoms with Crippen LogP contribution in [0.2, 0.25) is 0 Å². The Kier molecular flexibility index (Phi) is 31.7. The topological polar surface area (TPSA) is 188 Å². The molecule has 0 bridgehead atoms. The number of rotatable bonds is 40. The van der Waals surface area contributed by atoms with Gasteiger partial charge in [-0.1, -0.05) is 60.7 Å². The summed E-state index contributed by atoms with van der Waals surface area (Å²) in [5.41, 5.74) is 0.576. The van der Waals surface area contributed by atoms with Crippen molar-refractivity contribution in [2.24, 2.45) is 0 Å². The number of esters is 2. The average Bonchev–Trinajstić information content (AvgIpc) is 3.24. The average molecular weight is 811 g/mol. The predicted molar refractivity (Wildman–Crippen MR) is 202 cm³/mol. The molecule has 57 heavy (non-hydrogen) atoms. The van der Waals surface area contributed by atoms with Gasteiger partial charge in [0.25, 0.3) is 11.6 Å². The van der Waals surface area contributed by atoms with E-state index in [2.05, 4.69) is 0 Å². The van der Waals surface area contributed by atoms with Crippen LogP contribution in [0.5, 0.6) is 0 Å². The minimum Gasteiger partial charge on any atom is -0.457 e. The molecule has 17 heteroatoms. The van der Waals surface area contributed by atoms with Crippen LogP contribution in [0.25, 0.3) is 0 Å². The quantitative estimate of drug-likeness (QED) is 0.0411. The Morgan fingerprint density at radius 1 is 0.263 bits per heavy atom. The molecule has 320 valence electrons. The number of hydrogen-bond acceptors (Lipinski definition) is 17. The van der Waals surface area contributed by atoms with Crippen molar-refractivity contribution in [1.82, 2.24) is 0 Å². The zero-order valence-corrected chi connectivity index (χ0v) is 32.7. The Hall–Kier alpha value is -3.72. The van der Waals surface area contributed by atoms with Gasteiger partial charge >= 0.3 is 11.9 Å². The van der Waals surface area contributed by atoms with Crippen molar-refractivity contribution in [3.63, 3.8) is 0 Å². The maximum Gasteiger partial charge on any atom is 0.379 e. The van der Waals surface area contributed by atoms with E-state index in [1.807, 2.05) is 0 Å². The molecule has 0 saturated heterocycles. The summed E-state index contributed by atoms with van der Waals surface area (Å²) in [7, 11) is 0. The largest absolute Gasteiger partial charge is 0.457 e. The van der Waals surface area contributed by atoms with Gasteiger partial charge < -0.3 is 61.6 Å². The summed E-state index contributed by atoms with van der Waals surface area (Å²) in [4.78, 5) is 47.3. The molecular formula is C40H58O17. The van der Waals surface area contributed by atoms with Gasteiger partial charge in [-0.15, -0.1) is 0 Å². The molecule has 2 aromatic rings. The molecule has 0 aromatic heterocycles. The monoisotopic (exact) mass is 810 g/mol. The standard InChI is InChI=1S/C40H58O17/c41-37(35-7-3-1-4-8-35)39(43)56-33-31-54-29-27-52-25-23-50-21-19-48-17-15-46-13-11-45-12-14-47-16-18-49-20-22-51-24-26-53-28-30-55-32-34-57-40(44)38(42)36-9-5-2-6-10-36/h1-10H,11-34H2. The smallest absolute Gasteiger partial charge is 0.379 e. The fourth-order valence-corrected chi connectivity index (χ4v) is 4.23. The Morgan fingerprint density at radius 2 is 0.439 bits per heavy atom. The van der Waals surface area contributed by atoms with Crippen molar-refractivity contribution in [2.45, 2.75) is 0 Å². The van der Waals surface area contributed by atoms with Crippen LogP contribution in [0, 0.1) is 0 Å². The Bertz CT molecular complexity index is 1180. The first-order valence-corrected chi connectivity index (χ1v) is 19.0. The first-order chi connectivity index (χ1) is 28.1. The summed E-state index contributed by atoms with van der Waals surface area (Å²) < 4.78 is 69.5. The summed E-state index contributed by atoms with van der Waals surface area (Å²) in [6, 6.07) is 16.5. The third-order valence-electron chi connectivity index (χ3n) is 7.08. The Labute approximate surface area is 334 Å². The third-order valence-corrected chi connectivity index (χ3v) is 7.08. The second-order valence-corrected chi connectivity index (χ2v) is 11.4. The van der Waals surface area contributed by atoms with Crippen LogP contribution in [0.3, 0.4) is 0 Å². The van der Waals surface area contributed by atoms with E-state index in [0.29, 0.717) is 132 Å². The van der Waals surface area contributed by atoms with Crippen LogP contribution < -0.4 is 0 Å². The molecule has 2 rings (SSSR count). The first kappa shape index (κ1) is 49.4. The molecule has 0 radical (unpaired) electrons. The molecule has 0 fully saturated rings. The maximum absolute atomic E-state index is 11.9. The van der Waals surface area contributed by atoms with Crippen LogP contribution in [-0.2, 0) is 71.2 Å². The number of benzene rings is 2. The maximum atomic E-state index is 11.9. The van der Waals surface area contributed by atoms with Gasteiger partial charge in [0.1, 0.15) is 13.2 Å². The normalized spacial score (nSPS) is 11.1. The van der Waals surface area contributed by atoms with E-state index in [0.717, 1.165) is 0 Å². The molecule has 2 aromatic carbocycles. The lowest BCUT2D eigenvalue weighted by molar-refractivity contribution is -0.140. The number of ketones is 2. The SMILES string of the molecule is O=C(OCCOCCOCCOCCOCCOCCOCCOCCOCCOCCOCCOCCOC(=O)C(=O)c1ccccc1)C(=O)c1ccccc1. The second-order valence-electron chi connectivity index (χ2n) is 11.4. The molecule has 0 saturated carbocycles. The van der Waals surface area contributed by atoms with Crippen LogP contribution in [-0.4, -0.2) is 182 Å². The van der Waals surface area contributed by atoms with E-state index in [9.17, 15) is 19.2 Å². The van der Waals surface area contributed by atoms with E-state index < -0.39 is 23.5 Å². The number of carbonyl (C=O) groups is 4. The van der Waals surface area contributed by atoms with Crippen LogP contribution >= 0.6 is 0 Å². The van der Waals surface area contributed by atoms with Crippen molar-refractivity contribution in [1.29, 1.82) is 0 Å². The molecular weight excluding hydrogens is 752 g/mol. The van der Waals surface area contributed by atoms with Gasteiger partial charge in [0.2, 0.25) is 0 Å². The predicted octanol–water partition coefficient (Wildman–Crippen LogP) is 2.02. The van der Waals surface area contributed by atoms with Gasteiger partial charge in [-0.05, 0) is 0 Å². The molecule has 0 aliphatic heterocycles. The summed E-state index contributed by atoms with van der Waals surface area (Å²) >= 11 is 0. The third kappa shape index (κ3) is 28.3. The van der Waals surface area contributed by atoms with Crippen molar-refractivity contribution >= 4 is 23.5 Å². The molecule has 0 amide bonds. The molecule has 0 aliphatic carbocycles. The van der Waals surface area contributed by atoms with Crippen LogP contribution in [0.1, 0.15) is 20.7 Å². The molecule has 0 N–H and O–H groups in total. The van der Waals surface area contributed by atoms with Gasteiger partial charge in [-0.3, -0.25) is 9.59 Å². The van der Waals surface area contributed by atoms with Crippen molar-refractivity contribution < 1.29 is 80.8 Å². The van der Waals surface area contributed by atoms with E-state index in [1.165, 1.54) is 0 Å². The first-order valence-electron chi connectivity index (χ1n) is 19.0. The van der Waals surface area contributed by atoms with E-state index in [4.69, 9.17) is 61.6 Å². The lowest BCUT2D eigenvalue weighted by Gasteiger charge is -2.09. The van der Waals surface area contributed by atoms with Crippen molar-refractivity contribution in [3.8, 4) is 0 Å². The Morgan fingerprint density at radius 3 is 0.632 bits per heavy atom. The van der Waals surface area contributed by atoms with Gasteiger partial charge in [0, 0.05) is 11.1 Å². The molecule has 0 unspecified atom stereocenters. The van der Waals surface area contributed by atoms with Gasteiger partial charge in [-0.25, -0.2) is 9.59 Å². The number of ether oxygens (including phenoxy) is 13. The molecule has 0 atom stereocenters. The van der Waals surface area contributed by atoms with Crippen molar-refractivity contribution in [3.05, 3.63) is 71.8 Å². The lowest BCUT2D eigenvalue weighted by Crippen LogP contribution is -2.20. The van der Waals surface area contributed by atoms with Gasteiger partial charge in [-0.2, -0.15) is 0 Å². The van der Waals surface area contributed by atoms with Gasteiger partial charge in [0.05, 0.1) is 145 Å². The Balaban J connectivity index is 1.16. The summed E-state index contributed by atoms with van der Waals surface area (Å²) in [5, 5.41) is 0. The van der Waals surface area contributed by atoms with Crippen LogP contribution in [0.4, 0.5) is 0 Å². The van der Waals surface area contributed by atoms with Crippen LogP contribution in [0.15, 0.2) is 60.7 Å². The second kappa shape index (κ2) is 36.6. The summed E-state index contributed by atoms with van der Waals surface area (Å²) in [6.07, 6.45) is 0. The van der Waals surface area contributed by atoms with E-state index in [-0.39, 0.29) is 37.6 Å². The number of Topliss-reactive ketones (excluding diaryl/α,β-unsaturated/α-hetero) is 2. The molecule has 17 nitrogen and oxygen atoms in total. The number of hydrogen-bond donors (Lipinski definition) is 0. The zero-order valence-electron chi connectivity index (χ0n) is 32.7. The summed E-state index contributed by atoms with van der Waals surface area (Å²) in [6.45, 7) is 8.80. The lowest BCUT2D eigenvalue weighted by atomic mass is 10.1. The number of carbonyl (C=O) groups excluding carboxylic acids is 4. The fourth-order valence-electron chi connectivity index (χ4n) is 4.23. The highest BCUT2D eigenvalue weighted by atomic mass is 16.6. The van der Waals surface area contributed by atoms with E-state index >= 15 is 0 Å². The van der Waals surface area contributed by atoms with E-state index in [1.54, 1.807) is 60.7 Å². The highest BCUT2D eigenvalue weighted by molar-refractivity contribution is 6.41. The highest BCUT2D eigenvalue weighted by Crippen LogP contribution is 2.02. The fraction of sp³-hybridized carbons (Fsp3) is 0.600. The molecule has 0 aliphatic rings. The minimum absolute atomic E-state index is 0.0124. The highest BCUT2D eigenvalue weighted by Gasteiger charge is 2.18. The van der Waals surface area contributed by atoms with Gasteiger partial charge in [0.15, 0.2) is 0 Å².